The highest BCUT2D eigenvalue weighted by atomic mass is 31.2. The predicted molar refractivity (Wildman–Crippen MR) is 261 cm³/mol. The lowest BCUT2D eigenvalue weighted by atomic mass is 10.1. The number of carbonyl (C=O) groups excluding carboxylic acids is 3. The fourth-order valence-electron chi connectivity index (χ4n) is 6.15. The lowest BCUT2D eigenvalue weighted by Crippen LogP contribution is -2.30. The highest BCUT2D eigenvalue weighted by molar-refractivity contribution is 7.47. The summed E-state index contributed by atoms with van der Waals surface area (Å²) in [6.45, 7) is 4.25. The standard InChI is InChI=1S/C52H87O11P/c1-4-7-10-13-16-19-21-23-24-26-27-30-32-35-38-41-50(54)59-45-49(63-52(56)43-40-37-34-31-28-25-22-20-17-14-11-8-5-2)47-61-64(57,58)60-46-48(44-53)62-51(55)42-39-36-33-29-18-15-12-9-6-3/h7-8,10-11,16-17,19-20,23-25,28,34,37,48-49,53H,4-6,9,12-15,18,21-22,26-27,29-33,35-36,38-47H2,1-3H3,(H,57,58)/b10-7-,11-8-,19-16-,20-17-,24-23-,28-25-,37-34-. The van der Waals surface area contributed by atoms with Crippen LogP contribution in [0.15, 0.2) is 85.1 Å². The van der Waals surface area contributed by atoms with Crippen molar-refractivity contribution in [2.45, 2.75) is 200 Å². The monoisotopic (exact) mass is 919 g/mol. The molecule has 0 aliphatic carbocycles. The van der Waals surface area contributed by atoms with Gasteiger partial charge < -0.3 is 24.2 Å². The first-order chi connectivity index (χ1) is 31.2. The summed E-state index contributed by atoms with van der Waals surface area (Å²) in [6.07, 6.45) is 50.2. The summed E-state index contributed by atoms with van der Waals surface area (Å²) in [5.41, 5.74) is 0. The third-order valence-corrected chi connectivity index (χ3v) is 10.8. The fraction of sp³-hybridized carbons (Fsp3) is 0.673. The third-order valence-electron chi connectivity index (χ3n) is 9.83. The highest BCUT2D eigenvalue weighted by Gasteiger charge is 2.28. The van der Waals surface area contributed by atoms with Crippen molar-refractivity contribution in [3.63, 3.8) is 0 Å². The smallest absolute Gasteiger partial charge is 0.462 e. The molecule has 0 aliphatic rings. The Hall–Kier alpha value is -3.34. The van der Waals surface area contributed by atoms with E-state index >= 15 is 0 Å². The maximum atomic E-state index is 12.8. The number of phosphoric acid groups is 1. The van der Waals surface area contributed by atoms with Crippen LogP contribution in [0, 0.1) is 0 Å². The molecule has 3 unspecified atom stereocenters. The molecule has 12 heteroatoms. The Labute approximate surface area is 388 Å². The van der Waals surface area contributed by atoms with Gasteiger partial charge in [0.2, 0.25) is 0 Å². The summed E-state index contributed by atoms with van der Waals surface area (Å²) in [5.74, 6) is -1.59. The summed E-state index contributed by atoms with van der Waals surface area (Å²) in [7, 11) is -4.76. The van der Waals surface area contributed by atoms with E-state index in [4.69, 9.17) is 23.3 Å². The number of ether oxygens (including phenoxy) is 3. The van der Waals surface area contributed by atoms with Crippen molar-refractivity contribution in [1.29, 1.82) is 0 Å². The molecule has 366 valence electrons. The zero-order chi connectivity index (χ0) is 47.0. The van der Waals surface area contributed by atoms with Crippen LogP contribution in [-0.4, -0.2) is 66.5 Å². The Morgan fingerprint density at radius 3 is 1.34 bits per heavy atom. The quantitative estimate of drug-likeness (QED) is 0.0197. The molecule has 0 amide bonds. The Balaban J connectivity index is 4.88. The first-order valence-electron chi connectivity index (χ1n) is 24.5. The Bertz CT molecular complexity index is 1400. The molecule has 64 heavy (non-hydrogen) atoms. The number of allylic oxidation sites excluding steroid dienone is 14. The van der Waals surface area contributed by atoms with E-state index in [-0.39, 0.29) is 25.9 Å². The van der Waals surface area contributed by atoms with Gasteiger partial charge in [0, 0.05) is 19.3 Å². The third kappa shape index (κ3) is 43.9. The molecule has 0 saturated carbocycles. The van der Waals surface area contributed by atoms with Crippen LogP contribution in [-0.2, 0) is 42.2 Å². The normalized spacial score (nSPS) is 14.3. The summed E-state index contributed by atoms with van der Waals surface area (Å²) in [5, 5.41) is 9.72. The predicted octanol–water partition coefficient (Wildman–Crippen LogP) is 13.6. The van der Waals surface area contributed by atoms with Crippen molar-refractivity contribution in [3.05, 3.63) is 85.1 Å². The second-order valence-corrected chi connectivity index (χ2v) is 17.3. The number of aliphatic hydroxyl groups is 1. The van der Waals surface area contributed by atoms with Gasteiger partial charge in [0.25, 0.3) is 0 Å². The van der Waals surface area contributed by atoms with Gasteiger partial charge in [-0.2, -0.15) is 0 Å². The number of hydrogen-bond acceptors (Lipinski definition) is 10. The topological polar surface area (TPSA) is 155 Å². The fourth-order valence-corrected chi connectivity index (χ4v) is 6.93. The molecular formula is C52H87O11P. The van der Waals surface area contributed by atoms with Gasteiger partial charge in [-0.15, -0.1) is 0 Å². The molecule has 3 atom stereocenters. The van der Waals surface area contributed by atoms with Crippen LogP contribution in [0.1, 0.15) is 188 Å². The minimum absolute atomic E-state index is 0.0400. The molecule has 0 rings (SSSR count). The molecule has 0 heterocycles. The lowest BCUT2D eigenvalue weighted by Gasteiger charge is -2.21. The molecular weight excluding hydrogens is 832 g/mol. The minimum atomic E-state index is -4.76. The largest absolute Gasteiger partial charge is 0.472 e. The second kappa shape index (κ2) is 46.2. The molecule has 0 fully saturated rings. The molecule has 0 aromatic rings. The number of aliphatic hydroxyl groups excluding tert-OH is 1. The average molecular weight is 919 g/mol. The number of hydrogen-bond donors (Lipinski definition) is 2. The van der Waals surface area contributed by atoms with Crippen molar-refractivity contribution in [3.8, 4) is 0 Å². The van der Waals surface area contributed by atoms with Gasteiger partial charge in [0.05, 0.1) is 19.8 Å². The first kappa shape index (κ1) is 60.7. The second-order valence-electron chi connectivity index (χ2n) is 15.9. The number of esters is 3. The van der Waals surface area contributed by atoms with Crippen molar-refractivity contribution in [1.82, 2.24) is 0 Å². The van der Waals surface area contributed by atoms with E-state index in [1.165, 1.54) is 32.1 Å². The highest BCUT2D eigenvalue weighted by Crippen LogP contribution is 2.43. The van der Waals surface area contributed by atoms with E-state index in [0.29, 0.717) is 19.3 Å². The Kier molecular flexibility index (Phi) is 43.8. The Morgan fingerprint density at radius 2 is 0.844 bits per heavy atom. The van der Waals surface area contributed by atoms with Gasteiger partial charge in [-0.05, 0) is 77.0 Å². The van der Waals surface area contributed by atoms with E-state index < -0.39 is 57.8 Å². The average Bonchev–Trinajstić information content (AvgIpc) is 3.28. The van der Waals surface area contributed by atoms with Crippen LogP contribution in [0.3, 0.4) is 0 Å². The first-order valence-corrected chi connectivity index (χ1v) is 26.0. The lowest BCUT2D eigenvalue weighted by molar-refractivity contribution is -0.161. The van der Waals surface area contributed by atoms with Gasteiger partial charge >= 0.3 is 25.7 Å². The van der Waals surface area contributed by atoms with E-state index in [2.05, 4.69) is 93.7 Å². The van der Waals surface area contributed by atoms with Gasteiger partial charge in [-0.25, -0.2) is 4.57 Å². The number of unbranched alkanes of at least 4 members (excludes halogenated alkanes) is 13. The minimum Gasteiger partial charge on any atom is -0.462 e. The number of phosphoric ester groups is 1. The maximum absolute atomic E-state index is 12.8. The molecule has 0 spiro atoms. The van der Waals surface area contributed by atoms with Gasteiger partial charge in [0.15, 0.2) is 6.10 Å². The van der Waals surface area contributed by atoms with Crippen LogP contribution in [0.4, 0.5) is 0 Å². The zero-order valence-electron chi connectivity index (χ0n) is 40.0. The maximum Gasteiger partial charge on any atom is 0.472 e. The molecule has 0 aliphatic heterocycles. The molecule has 0 saturated heterocycles. The number of carbonyl (C=O) groups is 3. The molecule has 0 aromatic carbocycles. The molecule has 2 N–H and O–H groups in total. The van der Waals surface area contributed by atoms with E-state index in [1.807, 2.05) is 12.2 Å². The summed E-state index contributed by atoms with van der Waals surface area (Å²) >= 11 is 0. The van der Waals surface area contributed by atoms with Crippen LogP contribution in [0.5, 0.6) is 0 Å². The van der Waals surface area contributed by atoms with Crippen LogP contribution >= 0.6 is 7.82 Å². The van der Waals surface area contributed by atoms with Crippen molar-refractivity contribution >= 4 is 25.7 Å². The molecule has 0 bridgehead atoms. The van der Waals surface area contributed by atoms with E-state index in [9.17, 15) is 28.9 Å². The van der Waals surface area contributed by atoms with E-state index in [1.54, 1.807) is 0 Å². The van der Waals surface area contributed by atoms with Crippen molar-refractivity contribution in [2.75, 3.05) is 26.4 Å². The van der Waals surface area contributed by atoms with Crippen LogP contribution in [0.25, 0.3) is 0 Å². The van der Waals surface area contributed by atoms with Crippen molar-refractivity contribution in [2.24, 2.45) is 0 Å². The summed E-state index contributed by atoms with van der Waals surface area (Å²) < 4.78 is 39.1. The molecule has 11 nitrogen and oxygen atoms in total. The van der Waals surface area contributed by atoms with Crippen LogP contribution in [0.2, 0.25) is 0 Å². The zero-order valence-corrected chi connectivity index (χ0v) is 40.9. The van der Waals surface area contributed by atoms with Crippen molar-refractivity contribution < 1.29 is 52.2 Å². The molecule has 0 radical (unpaired) electrons. The SMILES string of the molecule is CC/C=C\C/C=C\C/C=C\C/C=C\CCC(=O)OC(COC(=O)CCCCCCC/C=C\C/C=C\C/C=C\CC)COP(=O)(O)OCC(CO)OC(=O)CCCCCCCCCCC. The van der Waals surface area contributed by atoms with Gasteiger partial charge in [-0.3, -0.25) is 23.4 Å². The number of rotatable bonds is 44. The molecule has 0 aromatic heterocycles. The van der Waals surface area contributed by atoms with Crippen LogP contribution < -0.4 is 0 Å². The van der Waals surface area contributed by atoms with E-state index in [0.717, 1.165) is 96.3 Å². The van der Waals surface area contributed by atoms with Gasteiger partial charge in [-0.1, -0.05) is 176 Å². The van der Waals surface area contributed by atoms with Gasteiger partial charge in [0.1, 0.15) is 12.7 Å². The summed E-state index contributed by atoms with van der Waals surface area (Å²) in [4.78, 5) is 48.1. The summed E-state index contributed by atoms with van der Waals surface area (Å²) in [6, 6.07) is 0. The Morgan fingerprint density at radius 1 is 0.453 bits per heavy atom.